The summed E-state index contributed by atoms with van der Waals surface area (Å²) in [5.74, 6) is 0.437. The molecule has 0 aliphatic carbocycles. The number of para-hydroxylation sites is 1. The van der Waals surface area contributed by atoms with E-state index in [2.05, 4.69) is 4.98 Å². The second-order valence-corrected chi connectivity index (χ2v) is 8.13. The van der Waals surface area contributed by atoms with Gasteiger partial charge in [0.15, 0.2) is 5.16 Å². The van der Waals surface area contributed by atoms with E-state index in [4.69, 9.17) is 0 Å². The van der Waals surface area contributed by atoms with E-state index in [9.17, 15) is 14.0 Å². The third kappa shape index (κ3) is 4.34. The molecule has 0 atom stereocenters. The van der Waals surface area contributed by atoms with Crippen LogP contribution in [0.15, 0.2) is 58.5 Å². The molecule has 1 aromatic heterocycles. The first-order valence-electron chi connectivity index (χ1n) is 9.82. The number of nitrogens with zero attached hydrogens (tertiary/aromatic N) is 3. The molecule has 0 bridgehead atoms. The monoisotopic (exact) mass is 411 g/mol. The Kier molecular flexibility index (Phi) is 5.94. The molecule has 2 heterocycles. The number of hydrogen-bond acceptors (Lipinski definition) is 4. The zero-order chi connectivity index (χ0) is 20.2. The predicted molar refractivity (Wildman–Crippen MR) is 113 cm³/mol. The van der Waals surface area contributed by atoms with Crippen molar-refractivity contribution in [1.29, 1.82) is 0 Å². The number of halogens is 1. The molecule has 3 aromatic rings. The van der Waals surface area contributed by atoms with Crippen molar-refractivity contribution in [2.24, 2.45) is 0 Å². The molecule has 1 saturated heterocycles. The van der Waals surface area contributed by atoms with Crippen LogP contribution in [-0.2, 0) is 4.79 Å². The number of aromatic nitrogens is 2. The normalized spacial score (nSPS) is 13.9. The van der Waals surface area contributed by atoms with Gasteiger partial charge >= 0.3 is 0 Å². The summed E-state index contributed by atoms with van der Waals surface area (Å²) in [4.78, 5) is 31.9. The van der Waals surface area contributed by atoms with Gasteiger partial charge in [0, 0.05) is 25.3 Å². The van der Waals surface area contributed by atoms with Crippen molar-refractivity contribution >= 4 is 28.6 Å². The largest absolute Gasteiger partial charge is 0.343 e. The lowest BCUT2D eigenvalue weighted by atomic mass is 10.2. The molecule has 0 unspecified atom stereocenters. The summed E-state index contributed by atoms with van der Waals surface area (Å²) in [6, 6.07) is 13.1. The summed E-state index contributed by atoms with van der Waals surface area (Å²) < 4.78 is 15.2. The highest BCUT2D eigenvalue weighted by molar-refractivity contribution is 7.99. The summed E-state index contributed by atoms with van der Waals surface area (Å²) in [5, 5.41) is 0.998. The van der Waals surface area contributed by atoms with Gasteiger partial charge in [-0.15, -0.1) is 0 Å². The average Bonchev–Trinajstić information content (AvgIpc) is 3.26. The van der Waals surface area contributed by atoms with Crippen molar-refractivity contribution in [2.45, 2.75) is 30.8 Å². The number of amides is 1. The van der Waals surface area contributed by atoms with Crippen LogP contribution in [0.5, 0.6) is 0 Å². The molecule has 1 amide bonds. The van der Waals surface area contributed by atoms with Gasteiger partial charge in [-0.3, -0.25) is 14.2 Å². The minimum atomic E-state index is -0.408. The van der Waals surface area contributed by atoms with E-state index in [1.54, 1.807) is 30.3 Å². The van der Waals surface area contributed by atoms with Crippen molar-refractivity contribution < 1.29 is 9.18 Å². The Labute approximate surface area is 172 Å². The Morgan fingerprint density at radius 1 is 1.10 bits per heavy atom. The average molecular weight is 412 g/mol. The first-order chi connectivity index (χ1) is 14.1. The molecular formula is C22H22FN3O2S. The summed E-state index contributed by atoms with van der Waals surface area (Å²) in [6.45, 7) is 1.72. The molecule has 0 spiro atoms. The number of thioether (sulfide) groups is 1. The van der Waals surface area contributed by atoms with Crippen LogP contribution < -0.4 is 5.56 Å². The number of fused-ring (bicyclic) bond motifs is 1. The zero-order valence-electron chi connectivity index (χ0n) is 16.0. The van der Waals surface area contributed by atoms with Gasteiger partial charge < -0.3 is 4.90 Å². The summed E-state index contributed by atoms with van der Waals surface area (Å²) in [5.41, 5.74) is 0.835. The van der Waals surface area contributed by atoms with Crippen molar-refractivity contribution in [1.82, 2.24) is 14.5 Å². The fourth-order valence-electron chi connectivity index (χ4n) is 3.56. The molecule has 7 heteroatoms. The van der Waals surface area contributed by atoms with Gasteiger partial charge in [-0.2, -0.15) is 0 Å². The quantitative estimate of drug-likeness (QED) is 0.349. The van der Waals surface area contributed by atoms with Gasteiger partial charge in [-0.1, -0.05) is 30.0 Å². The van der Waals surface area contributed by atoms with E-state index in [1.165, 1.54) is 28.5 Å². The molecule has 29 heavy (non-hydrogen) atoms. The van der Waals surface area contributed by atoms with Crippen LogP contribution in [0.1, 0.15) is 25.7 Å². The zero-order valence-corrected chi connectivity index (χ0v) is 16.8. The molecule has 0 radical (unpaired) electrons. The lowest BCUT2D eigenvalue weighted by molar-refractivity contribution is -0.130. The summed E-state index contributed by atoms with van der Waals surface area (Å²) >= 11 is 1.42. The van der Waals surface area contributed by atoms with Crippen LogP contribution >= 0.6 is 11.8 Å². The van der Waals surface area contributed by atoms with Gasteiger partial charge in [0.05, 0.1) is 16.6 Å². The first-order valence-corrected chi connectivity index (χ1v) is 10.8. The molecular weight excluding hydrogens is 389 g/mol. The summed E-state index contributed by atoms with van der Waals surface area (Å²) in [7, 11) is 0. The van der Waals surface area contributed by atoms with Crippen LogP contribution in [0, 0.1) is 5.82 Å². The Balaban J connectivity index is 1.58. The van der Waals surface area contributed by atoms with Crippen LogP contribution in [0.2, 0.25) is 0 Å². The molecule has 1 fully saturated rings. The number of rotatable bonds is 6. The standard InChI is InChI=1S/C22H22FN3O2S/c23-16-7-5-8-17(15-16)26-21(28)18-9-1-2-10-19(18)24-22(26)29-14-6-11-20(27)25-12-3-4-13-25/h1-2,5,7-10,15H,3-4,6,11-14H2. The van der Waals surface area contributed by atoms with Crippen LogP contribution in [0.25, 0.3) is 16.6 Å². The highest BCUT2D eigenvalue weighted by Gasteiger charge is 2.18. The fraction of sp³-hybridized carbons (Fsp3) is 0.318. The number of hydrogen-bond donors (Lipinski definition) is 0. The third-order valence-electron chi connectivity index (χ3n) is 5.04. The van der Waals surface area contributed by atoms with Crippen molar-refractivity contribution in [3.05, 3.63) is 64.7 Å². The maximum atomic E-state index is 13.8. The van der Waals surface area contributed by atoms with E-state index >= 15 is 0 Å². The lowest BCUT2D eigenvalue weighted by Crippen LogP contribution is -2.27. The Hall–Kier alpha value is -2.67. The first kappa shape index (κ1) is 19.6. The Morgan fingerprint density at radius 3 is 2.69 bits per heavy atom. The summed E-state index contributed by atoms with van der Waals surface area (Å²) in [6.07, 6.45) is 3.36. The van der Waals surface area contributed by atoms with E-state index in [-0.39, 0.29) is 11.5 Å². The van der Waals surface area contributed by atoms with Gasteiger partial charge in [0.2, 0.25) is 5.91 Å². The molecule has 0 saturated carbocycles. The third-order valence-corrected chi connectivity index (χ3v) is 6.06. The minimum Gasteiger partial charge on any atom is -0.343 e. The number of likely N-dealkylation sites (tertiary alicyclic amines) is 1. The minimum absolute atomic E-state index is 0.192. The highest BCUT2D eigenvalue weighted by Crippen LogP contribution is 2.23. The van der Waals surface area contributed by atoms with E-state index in [1.807, 2.05) is 11.0 Å². The van der Waals surface area contributed by atoms with Crippen molar-refractivity contribution in [3.63, 3.8) is 0 Å². The highest BCUT2D eigenvalue weighted by atomic mass is 32.2. The number of benzene rings is 2. The molecule has 5 nitrogen and oxygen atoms in total. The topological polar surface area (TPSA) is 55.2 Å². The van der Waals surface area contributed by atoms with Gasteiger partial charge in [0.1, 0.15) is 5.82 Å². The predicted octanol–water partition coefficient (Wildman–Crippen LogP) is 4.02. The van der Waals surface area contributed by atoms with Crippen molar-refractivity contribution in [3.8, 4) is 5.69 Å². The second kappa shape index (κ2) is 8.78. The van der Waals surface area contributed by atoms with E-state index in [0.29, 0.717) is 40.3 Å². The van der Waals surface area contributed by atoms with Crippen LogP contribution in [0.4, 0.5) is 4.39 Å². The second-order valence-electron chi connectivity index (χ2n) is 7.07. The number of carbonyl (C=O) groups is 1. The van der Waals surface area contributed by atoms with E-state index < -0.39 is 5.82 Å². The van der Waals surface area contributed by atoms with Crippen LogP contribution in [0.3, 0.4) is 0 Å². The van der Waals surface area contributed by atoms with Crippen LogP contribution in [-0.4, -0.2) is 39.2 Å². The maximum absolute atomic E-state index is 13.8. The van der Waals surface area contributed by atoms with Gasteiger partial charge in [-0.05, 0) is 49.6 Å². The Bertz CT molecular complexity index is 1090. The molecule has 1 aliphatic heterocycles. The molecule has 1 aliphatic rings. The maximum Gasteiger partial charge on any atom is 0.266 e. The fourth-order valence-corrected chi connectivity index (χ4v) is 4.52. The van der Waals surface area contributed by atoms with Gasteiger partial charge in [-0.25, -0.2) is 9.37 Å². The number of carbonyl (C=O) groups excluding carboxylic acids is 1. The molecule has 0 N–H and O–H groups in total. The Morgan fingerprint density at radius 2 is 1.90 bits per heavy atom. The molecule has 4 rings (SSSR count). The smallest absolute Gasteiger partial charge is 0.266 e. The lowest BCUT2D eigenvalue weighted by Gasteiger charge is -2.15. The molecule has 150 valence electrons. The van der Waals surface area contributed by atoms with Crippen molar-refractivity contribution in [2.75, 3.05) is 18.8 Å². The van der Waals surface area contributed by atoms with Gasteiger partial charge in [0.25, 0.3) is 5.56 Å². The van der Waals surface area contributed by atoms with E-state index in [0.717, 1.165) is 25.9 Å². The molecule has 2 aromatic carbocycles. The SMILES string of the molecule is O=C(CCCSc1nc2ccccc2c(=O)n1-c1cccc(F)c1)N1CCCC1.